The molecule has 2 aliphatic rings. The van der Waals surface area contributed by atoms with Gasteiger partial charge < -0.3 is 10.2 Å². The zero-order valence-corrected chi connectivity index (χ0v) is 9.16. The van der Waals surface area contributed by atoms with Crippen molar-refractivity contribution < 1.29 is 9.59 Å². The van der Waals surface area contributed by atoms with E-state index in [4.69, 9.17) is 0 Å². The second-order valence-electron chi connectivity index (χ2n) is 4.39. The molecule has 1 N–H and O–H groups in total. The number of rotatable bonds is 2. The van der Waals surface area contributed by atoms with Crippen molar-refractivity contribution in [2.24, 2.45) is 0 Å². The predicted octanol–water partition coefficient (Wildman–Crippen LogP) is 0.666. The fraction of sp³-hybridized carbons (Fsp3) is 0.818. The molecule has 0 aliphatic carbocycles. The van der Waals surface area contributed by atoms with E-state index in [1.807, 2.05) is 4.90 Å². The van der Waals surface area contributed by atoms with E-state index in [1.165, 1.54) is 0 Å². The van der Waals surface area contributed by atoms with Crippen LogP contribution in [0.2, 0.25) is 0 Å². The molecule has 15 heavy (non-hydrogen) atoms. The van der Waals surface area contributed by atoms with Crippen LogP contribution in [0.5, 0.6) is 0 Å². The summed E-state index contributed by atoms with van der Waals surface area (Å²) in [5.74, 6) is 0.144. The lowest BCUT2D eigenvalue weighted by Crippen LogP contribution is -2.46. The molecule has 84 valence electrons. The van der Waals surface area contributed by atoms with Gasteiger partial charge in [0.2, 0.25) is 11.8 Å². The minimum atomic E-state index is -0.246. The molecule has 0 spiro atoms. The zero-order valence-electron chi connectivity index (χ0n) is 9.16. The molecule has 2 atom stereocenters. The van der Waals surface area contributed by atoms with Crippen molar-refractivity contribution >= 4 is 11.8 Å². The molecule has 0 aromatic carbocycles. The molecule has 2 saturated heterocycles. The maximum atomic E-state index is 12.1. The van der Waals surface area contributed by atoms with Crippen LogP contribution >= 0.6 is 0 Å². The van der Waals surface area contributed by atoms with Gasteiger partial charge in [-0.15, -0.1) is 0 Å². The van der Waals surface area contributed by atoms with Gasteiger partial charge in [0.15, 0.2) is 0 Å². The Labute approximate surface area is 90.0 Å². The van der Waals surface area contributed by atoms with E-state index in [1.54, 1.807) is 0 Å². The molecular weight excluding hydrogens is 192 g/mol. The van der Waals surface area contributed by atoms with Crippen LogP contribution in [0.1, 0.15) is 39.0 Å². The highest BCUT2D eigenvalue weighted by Gasteiger charge is 2.35. The van der Waals surface area contributed by atoms with Crippen LogP contribution in [0.25, 0.3) is 0 Å². The Bertz CT molecular complexity index is 278. The summed E-state index contributed by atoms with van der Waals surface area (Å²) in [6, 6.07) is 0.152. The lowest BCUT2D eigenvalue weighted by molar-refractivity contribution is -0.135. The van der Waals surface area contributed by atoms with Crippen LogP contribution in [0.3, 0.4) is 0 Å². The van der Waals surface area contributed by atoms with Gasteiger partial charge in [-0.2, -0.15) is 0 Å². The molecule has 2 heterocycles. The number of carbonyl (C=O) groups is 2. The summed E-state index contributed by atoms with van der Waals surface area (Å²) < 4.78 is 0. The van der Waals surface area contributed by atoms with Crippen LogP contribution in [0.4, 0.5) is 0 Å². The molecule has 2 amide bonds. The highest BCUT2D eigenvalue weighted by atomic mass is 16.2. The van der Waals surface area contributed by atoms with E-state index < -0.39 is 0 Å². The van der Waals surface area contributed by atoms with Gasteiger partial charge in [0, 0.05) is 19.0 Å². The molecule has 4 heteroatoms. The fourth-order valence-electron chi connectivity index (χ4n) is 2.55. The molecular formula is C11H18N2O2. The summed E-state index contributed by atoms with van der Waals surface area (Å²) in [7, 11) is 0. The molecule has 2 unspecified atom stereocenters. The monoisotopic (exact) mass is 210 g/mol. The Hall–Kier alpha value is -1.06. The van der Waals surface area contributed by atoms with Crippen LogP contribution in [-0.4, -0.2) is 35.3 Å². The van der Waals surface area contributed by atoms with Crippen molar-refractivity contribution in [2.75, 3.05) is 6.54 Å². The van der Waals surface area contributed by atoms with Gasteiger partial charge in [-0.25, -0.2) is 0 Å². The lowest BCUT2D eigenvalue weighted by atomic mass is 10.1. The average Bonchev–Trinajstić information content (AvgIpc) is 2.84. The molecule has 0 bridgehead atoms. The van der Waals surface area contributed by atoms with Crippen molar-refractivity contribution in [3.05, 3.63) is 0 Å². The summed E-state index contributed by atoms with van der Waals surface area (Å²) in [5, 5.41) is 2.75. The number of nitrogens with one attached hydrogen (secondary N) is 1. The van der Waals surface area contributed by atoms with Gasteiger partial charge in [0.25, 0.3) is 0 Å². The second-order valence-corrected chi connectivity index (χ2v) is 4.39. The first-order chi connectivity index (χ1) is 7.22. The summed E-state index contributed by atoms with van der Waals surface area (Å²) in [6.07, 6.45) is 4.41. The van der Waals surface area contributed by atoms with Crippen molar-refractivity contribution in [3.63, 3.8) is 0 Å². The van der Waals surface area contributed by atoms with Gasteiger partial charge in [0.1, 0.15) is 6.04 Å². The normalized spacial score (nSPS) is 30.7. The number of hydrogen-bond donors (Lipinski definition) is 1. The Morgan fingerprint density at radius 3 is 2.93 bits per heavy atom. The fourth-order valence-corrected chi connectivity index (χ4v) is 2.55. The largest absolute Gasteiger partial charge is 0.344 e. The number of nitrogens with zero attached hydrogens (tertiary/aromatic N) is 1. The maximum absolute atomic E-state index is 12.1. The van der Waals surface area contributed by atoms with Crippen molar-refractivity contribution in [2.45, 2.75) is 51.1 Å². The first-order valence-corrected chi connectivity index (χ1v) is 5.82. The summed E-state index contributed by atoms with van der Waals surface area (Å²) in [6.45, 7) is 2.98. The topological polar surface area (TPSA) is 49.4 Å². The minimum absolute atomic E-state index is 0.0144. The molecule has 0 aromatic rings. The third-order valence-corrected chi connectivity index (χ3v) is 3.42. The van der Waals surface area contributed by atoms with E-state index in [9.17, 15) is 9.59 Å². The van der Waals surface area contributed by atoms with E-state index in [0.717, 1.165) is 25.8 Å². The zero-order chi connectivity index (χ0) is 10.8. The quantitative estimate of drug-likeness (QED) is 0.728. The van der Waals surface area contributed by atoms with Gasteiger partial charge >= 0.3 is 0 Å². The molecule has 2 aliphatic heterocycles. The van der Waals surface area contributed by atoms with Crippen molar-refractivity contribution in [3.8, 4) is 0 Å². The number of likely N-dealkylation sites (tertiary alicyclic amines) is 1. The lowest BCUT2D eigenvalue weighted by Gasteiger charge is -2.26. The highest BCUT2D eigenvalue weighted by Crippen LogP contribution is 2.22. The maximum Gasteiger partial charge on any atom is 0.245 e. The SMILES string of the molecule is CCC1CCCN1C(=O)C1CCC(=O)N1. The van der Waals surface area contributed by atoms with E-state index in [0.29, 0.717) is 18.9 Å². The van der Waals surface area contributed by atoms with E-state index >= 15 is 0 Å². The standard InChI is InChI=1S/C11H18N2O2/c1-2-8-4-3-7-13(8)11(15)9-5-6-10(14)12-9/h8-9H,2-7H2,1H3,(H,12,14). The Morgan fingerprint density at radius 1 is 1.53 bits per heavy atom. The van der Waals surface area contributed by atoms with Crippen molar-refractivity contribution in [1.82, 2.24) is 10.2 Å². The highest BCUT2D eigenvalue weighted by molar-refractivity contribution is 5.91. The van der Waals surface area contributed by atoms with Crippen LogP contribution in [0.15, 0.2) is 0 Å². The smallest absolute Gasteiger partial charge is 0.245 e. The van der Waals surface area contributed by atoms with Crippen LogP contribution in [0, 0.1) is 0 Å². The Kier molecular flexibility index (Phi) is 2.93. The van der Waals surface area contributed by atoms with Crippen molar-refractivity contribution in [1.29, 1.82) is 0 Å². The molecule has 2 fully saturated rings. The molecule has 4 nitrogen and oxygen atoms in total. The molecule has 0 aromatic heterocycles. The Morgan fingerprint density at radius 2 is 2.33 bits per heavy atom. The number of carbonyl (C=O) groups excluding carboxylic acids is 2. The molecule has 2 rings (SSSR count). The van der Waals surface area contributed by atoms with Crippen LogP contribution < -0.4 is 5.32 Å². The summed E-state index contributed by atoms with van der Waals surface area (Å²) in [5.41, 5.74) is 0. The number of hydrogen-bond acceptors (Lipinski definition) is 2. The summed E-state index contributed by atoms with van der Waals surface area (Å²) >= 11 is 0. The van der Waals surface area contributed by atoms with Gasteiger partial charge in [-0.05, 0) is 25.7 Å². The summed E-state index contributed by atoms with van der Waals surface area (Å²) in [4.78, 5) is 25.1. The van der Waals surface area contributed by atoms with Crippen LogP contribution in [-0.2, 0) is 9.59 Å². The molecule has 0 saturated carbocycles. The Balaban J connectivity index is 1.98. The first kappa shape index (κ1) is 10.5. The second kappa shape index (κ2) is 4.21. The third kappa shape index (κ3) is 1.98. The van der Waals surface area contributed by atoms with E-state index in [2.05, 4.69) is 12.2 Å². The third-order valence-electron chi connectivity index (χ3n) is 3.42. The van der Waals surface area contributed by atoms with Gasteiger partial charge in [-0.1, -0.05) is 6.92 Å². The van der Waals surface area contributed by atoms with Gasteiger partial charge in [-0.3, -0.25) is 9.59 Å². The average molecular weight is 210 g/mol. The molecule has 0 radical (unpaired) electrons. The van der Waals surface area contributed by atoms with Gasteiger partial charge in [0.05, 0.1) is 0 Å². The number of amides is 2. The minimum Gasteiger partial charge on any atom is -0.344 e. The first-order valence-electron chi connectivity index (χ1n) is 5.82. The van der Waals surface area contributed by atoms with E-state index in [-0.39, 0.29) is 17.9 Å². The predicted molar refractivity (Wildman–Crippen MR) is 56.2 cm³/mol.